The van der Waals surface area contributed by atoms with E-state index >= 15 is 0 Å². The summed E-state index contributed by atoms with van der Waals surface area (Å²) in [5.74, 6) is 0.0168. The number of phenols is 1. The van der Waals surface area contributed by atoms with Crippen molar-refractivity contribution in [3.63, 3.8) is 0 Å². The maximum Gasteiger partial charge on any atom is 0.272 e. The third-order valence-electron chi connectivity index (χ3n) is 3.24. The van der Waals surface area contributed by atoms with Crippen LogP contribution in [-0.4, -0.2) is 29.9 Å². The fourth-order valence-electron chi connectivity index (χ4n) is 2.25. The van der Waals surface area contributed by atoms with E-state index in [1.807, 2.05) is 0 Å². The molecule has 0 saturated carbocycles. The SMILES string of the molecule is Oc1cc(-c2ccc(F)cc2)cc2c1nnc1ncnn12. The normalized spacial score (nSPS) is 11.3. The molecule has 21 heavy (non-hydrogen) atoms. The van der Waals surface area contributed by atoms with Crippen molar-refractivity contribution in [1.82, 2.24) is 24.8 Å². The van der Waals surface area contributed by atoms with Crippen LogP contribution in [0.2, 0.25) is 0 Å². The van der Waals surface area contributed by atoms with E-state index in [2.05, 4.69) is 20.3 Å². The Bertz CT molecular complexity index is 964. The highest BCUT2D eigenvalue weighted by atomic mass is 19.1. The van der Waals surface area contributed by atoms with E-state index < -0.39 is 0 Å². The van der Waals surface area contributed by atoms with Gasteiger partial charge in [0.25, 0.3) is 5.78 Å². The molecule has 4 rings (SSSR count). The monoisotopic (exact) mass is 281 g/mol. The topological polar surface area (TPSA) is 76.2 Å². The van der Waals surface area contributed by atoms with Gasteiger partial charge in [0, 0.05) is 0 Å². The highest BCUT2D eigenvalue weighted by molar-refractivity contribution is 5.87. The summed E-state index contributed by atoms with van der Waals surface area (Å²) in [5.41, 5.74) is 2.42. The number of aromatic hydroxyl groups is 1. The van der Waals surface area contributed by atoms with Gasteiger partial charge in [-0.2, -0.15) is 14.6 Å². The second kappa shape index (κ2) is 4.20. The lowest BCUT2D eigenvalue weighted by Crippen LogP contribution is -1.97. The largest absolute Gasteiger partial charge is 0.506 e. The van der Waals surface area contributed by atoms with Gasteiger partial charge in [-0.25, -0.2) is 4.39 Å². The Kier molecular flexibility index (Phi) is 2.34. The number of fused-ring (bicyclic) bond motifs is 3. The number of nitrogens with zero attached hydrogens (tertiary/aromatic N) is 5. The third-order valence-corrected chi connectivity index (χ3v) is 3.24. The minimum absolute atomic E-state index is 0.0169. The lowest BCUT2D eigenvalue weighted by Gasteiger charge is -2.06. The summed E-state index contributed by atoms with van der Waals surface area (Å²) < 4.78 is 14.5. The van der Waals surface area contributed by atoms with Crippen molar-refractivity contribution in [2.24, 2.45) is 0 Å². The Labute approximate surface area is 117 Å². The van der Waals surface area contributed by atoms with E-state index in [4.69, 9.17) is 0 Å². The molecule has 0 aliphatic carbocycles. The van der Waals surface area contributed by atoms with Crippen LogP contribution in [-0.2, 0) is 0 Å². The number of hydrogen-bond acceptors (Lipinski definition) is 5. The van der Waals surface area contributed by atoms with Crippen LogP contribution in [0.3, 0.4) is 0 Å². The molecule has 0 radical (unpaired) electrons. The summed E-state index contributed by atoms with van der Waals surface area (Å²) in [4.78, 5) is 3.96. The molecule has 2 heterocycles. The highest BCUT2D eigenvalue weighted by Crippen LogP contribution is 2.30. The Morgan fingerprint density at radius 3 is 2.62 bits per heavy atom. The molecule has 0 atom stereocenters. The van der Waals surface area contributed by atoms with Crippen LogP contribution in [0.25, 0.3) is 27.9 Å². The Morgan fingerprint density at radius 2 is 1.81 bits per heavy atom. The van der Waals surface area contributed by atoms with Gasteiger partial charge < -0.3 is 5.11 Å². The molecule has 2 aromatic heterocycles. The summed E-state index contributed by atoms with van der Waals surface area (Å²) in [6, 6.07) is 9.39. The fraction of sp³-hybridized carbons (Fsp3) is 0. The molecule has 0 unspecified atom stereocenters. The quantitative estimate of drug-likeness (QED) is 0.578. The molecular formula is C14H8FN5O. The molecule has 7 heteroatoms. The van der Waals surface area contributed by atoms with Crippen molar-refractivity contribution in [2.75, 3.05) is 0 Å². The molecule has 0 aliphatic heterocycles. The van der Waals surface area contributed by atoms with Crippen LogP contribution < -0.4 is 0 Å². The van der Waals surface area contributed by atoms with Gasteiger partial charge in [-0.15, -0.1) is 10.2 Å². The number of rotatable bonds is 1. The summed E-state index contributed by atoms with van der Waals surface area (Å²) in [5, 5.41) is 22.0. The van der Waals surface area contributed by atoms with Gasteiger partial charge >= 0.3 is 0 Å². The first kappa shape index (κ1) is 11.7. The second-order valence-corrected chi connectivity index (χ2v) is 4.54. The Balaban J connectivity index is 2.04. The van der Waals surface area contributed by atoms with Gasteiger partial charge in [-0.05, 0) is 35.4 Å². The average Bonchev–Trinajstić information content (AvgIpc) is 2.96. The van der Waals surface area contributed by atoms with Gasteiger partial charge in [0.15, 0.2) is 5.52 Å². The van der Waals surface area contributed by atoms with Crippen LogP contribution in [0.1, 0.15) is 0 Å². The third kappa shape index (κ3) is 1.78. The zero-order valence-electron chi connectivity index (χ0n) is 10.6. The molecule has 0 saturated heterocycles. The number of aromatic nitrogens is 5. The molecule has 0 bridgehead atoms. The van der Waals surface area contributed by atoms with E-state index in [0.717, 1.165) is 11.1 Å². The first-order valence-corrected chi connectivity index (χ1v) is 6.17. The van der Waals surface area contributed by atoms with E-state index in [1.54, 1.807) is 24.3 Å². The zero-order chi connectivity index (χ0) is 14.4. The molecule has 1 N–H and O–H groups in total. The zero-order valence-corrected chi connectivity index (χ0v) is 10.6. The van der Waals surface area contributed by atoms with Crippen LogP contribution >= 0.6 is 0 Å². The van der Waals surface area contributed by atoms with Crippen molar-refractivity contribution in [3.8, 4) is 16.9 Å². The lowest BCUT2D eigenvalue weighted by molar-refractivity contribution is 0.480. The first-order valence-electron chi connectivity index (χ1n) is 6.17. The van der Waals surface area contributed by atoms with E-state index in [9.17, 15) is 9.50 Å². The van der Waals surface area contributed by atoms with E-state index in [-0.39, 0.29) is 11.6 Å². The van der Waals surface area contributed by atoms with Crippen LogP contribution in [0.5, 0.6) is 5.75 Å². The molecule has 0 amide bonds. The average molecular weight is 281 g/mol. The van der Waals surface area contributed by atoms with Crippen LogP contribution in [0.4, 0.5) is 4.39 Å². The van der Waals surface area contributed by atoms with Gasteiger partial charge in [0.2, 0.25) is 0 Å². The summed E-state index contributed by atoms with van der Waals surface area (Å²) in [6.07, 6.45) is 1.37. The molecule has 102 valence electrons. The van der Waals surface area contributed by atoms with Gasteiger partial charge in [0.05, 0.1) is 0 Å². The Hall–Kier alpha value is -3.09. The number of halogens is 1. The van der Waals surface area contributed by atoms with Crippen molar-refractivity contribution >= 4 is 16.8 Å². The van der Waals surface area contributed by atoms with Gasteiger partial charge in [-0.3, -0.25) is 0 Å². The van der Waals surface area contributed by atoms with Crippen LogP contribution in [0, 0.1) is 5.82 Å². The molecule has 2 aromatic carbocycles. The summed E-state index contributed by atoms with van der Waals surface area (Å²) in [6.45, 7) is 0. The van der Waals surface area contributed by atoms with Crippen molar-refractivity contribution < 1.29 is 9.50 Å². The van der Waals surface area contributed by atoms with E-state index in [1.165, 1.54) is 23.0 Å². The van der Waals surface area contributed by atoms with Gasteiger partial charge in [0.1, 0.15) is 23.4 Å². The van der Waals surface area contributed by atoms with E-state index in [0.29, 0.717) is 16.8 Å². The smallest absolute Gasteiger partial charge is 0.272 e. The highest BCUT2D eigenvalue weighted by Gasteiger charge is 2.11. The molecule has 4 aromatic rings. The molecule has 0 fully saturated rings. The molecule has 6 nitrogen and oxygen atoms in total. The molecule has 0 spiro atoms. The predicted molar refractivity (Wildman–Crippen MR) is 73.1 cm³/mol. The molecular weight excluding hydrogens is 273 g/mol. The minimum Gasteiger partial charge on any atom is -0.506 e. The predicted octanol–water partition coefficient (Wildman–Crippen LogP) is 2.18. The minimum atomic E-state index is -0.312. The first-order chi connectivity index (χ1) is 10.2. The second-order valence-electron chi connectivity index (χ2n) is 4.54. The van der Waals surface area contributed by atoms with Gasteiger partial charge in [-0.1, -0.05) is 12.1 Å². The van der Waals surface area contributed by atoms with Crippen molar-refractivity contribution in [1.29, 1.82) is 0 Å². The number of hydrogen-bond donors (Lipinski definition) is 1. The summed E-state index contributed by atoms with van der Waals surface area (Å²) in [7, 11) is 0. The standard InChI is InChI=1S/C14H8FN5O/c15-10-3-1-8(2-4-10)9-5-11-13(12(21)6-9)18-19-14-16-7-17-20(11)14/h1-7,21H. The summed E-state index contributed by atoms with van der Waals surface area (Å²) >= 11 is 0. The van der Waals surface area contributed by atoms with Crippen molar-refractivity contribution in [2.45, 2.75) is 0 Å². The number of phenolic OH excluding ortho intramolecular Hbond substituents is 1. The molecule has 0 aliphatic rings. The van der Waals surface area contributed by atoms with Crippen LogP contribution in [0.15, 0.2) is 42.7 Å². The Morgan fingerprint density at radius 1 is 1.00 bits per heavy atom. The van der Waals surface area contributed by atoms with Crippen molar-refractivity contribution in [3.05, 3.63) is 48.5 Å². The maximum absolute atomic E-state index is 13.0. The number of benzene rings is 2. The lowest BCUT2D eigenvalue weighted by atomic mass is 10.0. The fourth-order valence-corrected chi connectivity index (χ4v) is 2.25. The maximum atomic E-state index is 13.0.